The molecule has 0 radical (unpaired) electrons. The molecule has 0 amide bonds. The maximum absolute atomic E-state index is 10.3. The van der Waals surface area contributed by atoms with Gasteiger partial charge >= 0.3 is 0 Å². The molecule has 0 fully saturated rings. The molecule has 1 aliphatic heterocycles. The second-order valence-corrected chi connectivity index (χ2v) is 6.56. The predicted octanol–water partition coefficient (Wildman–Crippen LogP) is 4.02. The van der Waals surface area contributed by atoms with E-state index in [9.17, 15) is 5.11 Å². The Balaban J connectivity index is 1.56. The van der Waals surface area contributed by atoms with E-state index >= 15 is 0 Å². The van der Waals surface area contributed by atoms with Gasteiger partial charge in [0.25, 0.3) is 0 Å². The molecule has 0 saturated carbocycles. The van der Waals surface area contributed by atoms with Crippen molar-refractivity contribution in [3.63, 3.8) is 0 Å². The van der Waals surface area contributed by atoms with E-state index < -0.39 is 0 Å². The van der Waals surface area contributed by atoms with Crippen LogP contribution in [0.2, 0.25) is 0 Å². The Morgan fingerprint density at radius 3 is 2.75 bits per heavy atom. The molecule has 0 bridgehead atoms. The van der Waals surface area contributed by atoms with Gasteiger partial charge in [0, 0.05) is 34.1 Å². The van der Waals surface area contributed by atoms with Crippen molar-refractivity contribution in [3.05, 3.63) is 94.6 Å². The van der Waals surface area contributed by atoms with Crippen LogP contribution in [-0.2, 0) is 0 Å². The summed E-state index contributed by atoms with van der Waals surface area (Å²) in [7, 11) is 0. The number of aromatic hydroxyl groups is 1. The number of para-hydroxylation sites is 1. The standard InChI is InChI=1S/C23H16N4O/c28-23-19(17-5-1-2-6-20(17)25-23)12-16-7-9-18-21(26-27-22(18)13-16)10-8-15-4-3-11-24-14-15/h1-14,25,28H/b10-8+,16-12+. The number of pyridine rings is 1. The van der Waals surface area contributed by atoms with Crippen LogP contribution in [0.3, 0.4) is 0 Å². The van der Waals surface area contributed by atoms with Crippen LogP contribution in [0.4, 0.5) is 5.69 Å². The third-order valence-corrected chi connectivity index (χ3v) is 4.72. The molecule has 2 aromatic carbocycles. The molecular formula is C23H16N4O. The number of H-pyrrole nitrogens is 1. The molecule has 0 aliphatic carbocycles. The maximum Gasteiger partial charge on any atom is 0.196 e. The number of azo groups is 1. The van der Waals surface area contributed by atoms with Gasteiger partial charge in [-0.2, -0.15) is 0 Å². The number of fused-ring (bicyclic) bond motifs is 2. The van der Waals surface area contributed by atoms with E-state index in [1.54, 1.807) is 12.4 Å². The highest BCUT2D eigenvalue weighted by molar-refractivity contribution is 5.91. The number of nitrogens with one attached hydrogen (secondary N) is 1. The van der Waals surface area contributed by atoms with E-state index in [0.717, 1.165) is 43.9 Å². The molecule has 2 N–H and O–H groups in total. The molecule has 0 saturated heterocycles. The van der Waals surface area contributed by atoms with Crippen molar-refractivity contribution in [2.24, 2.45) is 10.2 Å². The van der Waals surface area contributed by atoms with E-state index in [1.807, 2.05) is 72.8 Å². The first-order valence-corrected chi connectivity index (χ1v) is 8.93. The molecule has 5 nitrogen and oxygen atoms in total. The smallest absolute Gasteiger partial charge is 0.196 e. The Hall–Kier alpha value is -3.99. The van der Waals surface area contributed by atoms with Gasteiger partial charge in [-0.05, 0) is 47.2 Å². The molecule has 0 unspecified atom stereocenters. The van der Waals surface area contributed by atoms with Crippen molar-refractivity contribution >= 4 is 34.4 Å². The SMILES string of the molecule is Oc1[nH]c2ccccc2c1/C=c1\ccc2c(c1)N=NC=2/C=C/c1cccnc1. The van der Waals surface area contributed by atoms with E-state index in [4.69, 9.17) is 0 Å². The summed E-state index contributed by atoms with van der Waals surface area (Å²) in [6.07, 6.45) is 9.42. The molecule has 3 heterocycles. The Morgan fingerprint density at radius 2 is 1.86 bits per heavy atom. The lowest BCUT2D eigenvalue weighted by atomic mass is 10.1. The van der Waals surface area contributed by atoms with Crippen LogP contribution in [-0.4, -0.2) is 15.1 Å². The van der Waals surface area contributed by atoms with E-state index in [0.29, 0.717) is 0 Å². The zero-order valence-corrected chi connectivity index (χ0v) is 14.9. The normalized spacial score (nSPS) is 13.7. The van der Waals surface area contributed by atoms with Crippen LogP contribution in [0.15, 0.2) is 83.3 Å². The van der Waals surface area contributed by atoms with Crippen molar-refractivity contribution in [2.75, 3.05) is 0 Å². The minimum atomic E-state index is 0.162. The summed E-state index contributed by atoms with van der Waals surface area (Å²) in [5.74, 6) is 0.162. The van der Waals surface area contributed by atoms with E-state index in [-0.39, 0.29) is 5.88 Å². The molecule has 2 aromatic heterocycles. The van der Waals surface area contributed by atoms with Crippen LogP contribution < -0.4 is 10.4 Å². The van der Waals surface area contributed by atoms with Crippen molar-refractivity contribution in [2.45, 2.75) is 0 Å². The van der Waals surface area contributed by atoms with Gasteiger partial charge in [0.15, 0.2) is 5.88 Å². The van der Waals surface area contributed by atoms with Crippen molar-refractivity contribution in [1.82, 2.24) is 9.97 Å². The van der Waals surface area contributed by atoms with Gasteiger partial charge in [0.05, 0.1) is 11.4 Å². The van der Waals surface area contributed by atoms with E-state index in [1.165, 1.54) is 0 Å². The van der Waals surface area contributed by atoms with Crippen LogP contribution in [0.25, 0.3) is 28.8 Å². The van der Waals surface area contributed by atoms with Gasteiger partial charge in [-0.1, -0.05) is 36.4 Å². The molecule has 1 aliphatic rings. The number of rotatable bonds is 3. The van der Waals surface area contributed by atoms with Crippen molar-refractivity contribution < 1.29 is 5.11 Å². The monoisotopic (exact) mass is 364 g/mol. The molecular weight excluding hydrogens is 348 g/mol. The second-order valence-electron chi connectivity index (χ2n) is 6.56. The molecule has 5 rings (SSSR count). The molecule has 134 valence electrons. The number of nitrogens with zero attached hydrogens (tertiary/aromatic N) is 3. The van der Waals surface area contributed by atoms with Gasteiger partial charge in [0.2, 0.25) is 0 Å². The summed E-state index contributed by atoms with van der Waals surface area (Å²) >= 11 is 0. The third-order valence-electron chi connectivity index (χ3n) is 4.72. The minimum Gasteiger partial charge on any atom is -0.494 e. The molecule has 0 atom stereocenters. The van der Waals surface area contributed by atoms with Crippen LogP contribution in [0.5, 0.6) is 5.88 Å². The minimum absolute atomic E-state index is 0.162. The Labute approximate surface area is 160 Å². The molecule has 0 spiro atoms. The first kappa shape index (κ1) is 16.2. The highest BCUT2D eigenvalue weighted by atomic mass is 16.3. The van der Waals surface area contributed by atoms with Crippen molar-refractivity contribution in [1.29, 1.82) is 0 Å². The fourth-order valence-electron chi connectivity index (χ4n) is 3.33. The lowest BCUT2D eigenvalue weighted by Crippen LogP contribution is -2.08. The Morgan fingerprint density at radius 1 is 0.929 bits per heavy atom. The highest BCUT2D eigenvalue weighted by Crippen LogP contribution is 2.27. The third kappa shape index (κ3) is 2.89. The number of hydrogen-bond donors (Lipinski definition) is 2. The summed E-state index contributed by atoms with van der Waals surface area (Å²) in [6.45, 7) is 0. The fourth-order valence-corrected chi connectivity index (χ4v) is 3.33. The average Bonchev–Trinajstić information content (AvgIpc) is 3.28. The maximum atomic E-state index is 10.3. The fraction of sp³-hybridized carbons (Fsp3) is 0. The topological polar surface area (TPSA) is 73.6 Å². The zero-order chi connectivity index (χ0) is 18.9. The van der Waals surface area contributed by atoms with Crippen LogP contribution in [0.1, 0.15) is 11.1 Å². The van der Waals surface area contributed by atoms with Gasteiger partial charge in [-0.25, -0.2) is 0 Å². The Bertz CT molecular complexity index is 1370. The van der Waals surface area contributed by atoms with Crippen LogP contribution in [0, 0.1) is 0 Å². The predicted molar refractivity (Wildman–Crippen MR) is 110 cm³/mol. The summed E-state index contributed by atoms with van der Waals surface area (Å²) < 4.78 is 0. The first-order chi connectivity index (χ1) is 13.8. The second kappa shape index (κ2) is 6.63. The largest absolute Gasteiger partial charge is 0.494 e. The average molecular weight is 364 g/mol. The van der Waals surface area contributed by atoms with Gasteiger partial charge in [-0.3, -0.25) is 4.98 Å². The number of aromatic nitrogens is 2. The summed E-state index contributed by atoms with van der Waals surface area (Å²) in [4.78, 5) is 7.11. The highest BCUT2D eigenvalue weighted by Gasteiger charge is 2.09. The summed E-state index contributed by atoms with van der Waals surface area (Å²) in [5, 5.41) is 21.8. The first-order valence-electron chi connectivity index (χ1n) is 8.93. The molecule has 5 heteroatoms. The number of hydrogen-bond acceptors (Lipinski definition) is 4. The van der Waals surface area contributed by atoms with Gasteiger partial charge in [-0.15, -0.1) is 10.2 Å². The summed E-state index contributed by atoms with van der Waals surface area (Å²) in [5.41, 5.74) is 4.33. The number of aromatic amines is 1. The van der Waals surface area contributed by atoms with Gasteiger partial charge in [0.1, 0.15) is 0 Å². The quantitative estimate of drug-likeness (QED) is 0.576. The van der Waals surface area contributed by atoms with E-state index in [2.05, 4.69) is 20.2 Å². The van der Waals surface area contributed by atoms with Gasteiger partial charge < -0.3 is 10.1 Å². The molecule has 4 aromatic rings. The molecule has 28 heavy (non-hydrogen) atoms. The lowest BCUT2D eigenvalue weighted by molar-refractivity contribution is 0.457. The zero-order valence-electron chi connectivity index (χ0n) is 14.9. The lowest BCUT2D eigenvalue weighted by Gasteiger charge is -1.94. The van der Waals surface area contributed by atoms with Crippen molar-refractivity contribution in [3.8, 4) is 5.88 Å². The summed E-state index contributed by atoms with van der Waals surface area (Å²) in [6, 6.07) is 17.7. The Kier molecular flexibility index (Phi) is 3.84. The van der Waals surface area contributed by atoms with Crippen LogP contribution >= 0.6 is 0 Å². The number of benzene rings is 2.